The maximum Gasteiger partial charge on any atom is 0.213 e. The lowest BCUT2D eigenvalue weighted by Crippen LogP contribution is -1.44. The summed E-state index contributed by atoms with van der Waals surface area (Å²) in [6.45, 7) is 0. The zero-order valence-corrected chi connectivity index (χ0v) is 5.18. The van der Waals surface area contributed by atoms with Gasteiger partial charge in [-0.05, 0) is 12.1 Å². The van der Waals surface area contributed by atoms with Crippen LogP contribution >= 0.6 is 0 Å². The largest absolute Gasteiger partial charge is 0.473 e. The minimum Gasteiger partial charge on any atom is -0.473 e. The molecule has 0 saturated carbocycles. The van der Waals surface area contributed by atoms with E-state index in [-0.39, 0.29) is 0 Å². The van der Waals surface area contributed by atoms with Crippen molar-refractivity contribution in [3.8, 4) is 0 Å². The molecule has 10 heavy (non-hydrogen) atoms. The van der Waals surface area contributed by atoms with Crippen LogP contribution in [-0.2, 0) is 0 Å². The van der Waals surface area contributed by atoms with Gasteiger partial charge in [0.2, 0.25) is 6.39 Å². The van der Waals surface area contributed by atoms with E-state index >= 15 is 0 Å². The molecule has 0 radical (unpaired) electrons. The van der Waals surface area contributed by atoms with Gasteiger partial charge in [-0.2, -0.15) is 0 Å². The van der Waals surface area contributed by atoms with Crippen LogP contribution in [0.3, 0.4) is 0 Å². The molecule has 0 aliphatic heterocycles. The SMILES string of the molecule is c1ccoc1.c1ncon1. The normalized spacial score (nSPS) is 8.00. The van der Waals surface area contributed by atoms with E-state index in [0.29, 0.717) is 0 Å². The molecule has 0 fully saturated rings. The van der Waals surface area contributed by atoms with Crippen molar-refractivity contribution in [1.82, 2.24) is 10.1 Å². The van der Waals surface area contributed by atoms with Gasteiger partial charge in [0.1, 0.15) is 0 Å². The monoisotopic (exact) mass is 138 g/mol. The van der Waals surface area contributed by atoms with Gasteiger partial charge in [0.15, 0.2) is 6.33 Å². The van der Waals surface area contributed by atoms with E-state index in [9.17, 15) is 0 Å². The molecule has 2 aromatic heterocycles. The van der Waals surface area contributed by atoms with Crippen LogP contribution in [0, 0.1) is 0 Å². The van der Waals surface area contributed by atoms with Crippen LogP contribution in [0.1, 0.15) is 0 Å². The Hall–Kier alpha value is -1.58. The van der Waals surface area contributed by atoms with Crippen molar-refractivity contribution in [3.63, 3.8) is 0 Å². The highest BCUT2D eigenvalue weighted by Gasteiger charge is 1.61. The molecule has 0 saturated heterocycles. The zero-order chi connectivity index (χ0) is 7.07. The van der Waals surface area contributed by atoms with Gasteiger partial charge in [0.05, 0.1) is 12.5 Å². The van der Waals surface area contributed by atoms with Crippen molar-refractivity contribution < 1.29 is 8.94 Å². The standard InChI is InChI=1S/C4H4O.C2H2N2O/c1-2-4-5-3-1;1-3-2-5-4-1/h1-4H;1-2H. The fourth-order valence-corrected chi connectivity index (χ4v) is 0.363. The minimum absolute atomic E-state index is 1.26. The van der Waals surface area contributed by atoms with Gasteiger partial charge in [-0.15, -0.1) is 0 Å². The molecule has 52 valence electrons. The summed E-state index contributed by atoms with van der Waals surface area (Å²) in [6, 6.07) is 3.67. The summed E-state index contributed by atoms with van der Waals surface area (Å²) in [5, 5.41) is 3.24. The third-order valence-corrected chi connectivity index (χ3v) is 0.708. The molecule has 0 aliphatic carbocycles. The quantitative estimate of drug-likeness (QED) is 0.551. The molecule has 2 heterocycles. The number of furan rings is 1. The summed E-state index contributed by atoms with van der Waals surface area (Å²) in [4.78, 5) is 3.44. The molecular weight excluding hydrogens is 132 g/mol. The van der Waals surface area contributed by atoms with Crippen LogP contribution in [-0.4, -0.2) is 10.1 Å². The first-order valence-corrected chi connectivity index (χ1v) is 2.66. The third-order valence-electron chi connectivity index (χ3n) is 0.708. The highest BCUT2D eigenvalue weighted by atomic mass is 16.5. The molecule has 2 rings (SSSR count). The Morgan fingerprint density at radius 1 is 1.10 bits per heavy atom. The number of hydrogen-bond acceptors (Lipinski definition) is 4. The maximum absolute atomic E-state index is 4.58. The highest BCUT2D eigenvalue weighted by molar-refractivity contribution is 4.79. The van der Waals surface area contributed by atoms with Gasteiger partial charge in [-0.3, -0.25) is 0 Å². The van der Waals surface area contributed by atoms with Crippen LogP contribution < -0.4 is 0 Å². The van der Waals surface area contributed by atoms with E-state index in [1.54, 1.807) is 12.5 Å². The van der Waals surface area contributed by atoms with E-state index < -0.39 is 0 Å². The van der Waals surface area contributed by atoms with Gasteiger partial charge in [0.25, 0.3) is 0 Å². The van der Waals surface area contributed by atoms with Crippen molar-refractivity contribution in [2.75, 3.05) is 0 Å². The number of nitrogens with zero attached hydrogens (tertiary/aromatic N) is 2. The number of aromatic nitrogens is 2. The molecule has 0 aromatic carbocycles. The average molecular weight is 138 g/mol. The minimum atomic E-state index is 1.26. The Kier molecular flexibility index (Phi) is 2.82. The zero-order valence-electron chi connectivity index (χ0n) is 5.18. The maximum atomic E-state index is 4.58. The fraction of sp³-hybridized carbons (Fsp3) is 0. The van der Waals surface area contributed by atoms with Crippen LogP contribution in [0.2, 0.25) is 0 Å². The van der Waals surface area contributed by atoms with Gasteiger partial charge in [-0.1, -0.05) is 5.16 Å². The van der Waals surface area contributed by atoms with Crippen molar-refractivity contribution in [2.24, 2.45) is 0 Å². The van der Waals surface area contributed by atoms with Crippen molar-refractivity contribution in [3.05, 3.63) is 37.4 Å². The van der Waals surface area contributed by atoms with Crippen LogP contribution in [0.15, 0.2) is 46.3 Å². The lowest BCUT2D eigenvalue weighted by atomic mass is 10.7. The Bertz CT molecular complexity index is 153. The molecule has 0 aliphatic rings. The van der Waals surface area contributed by atoms with Crippen molar-refractivity contribution in [2.45, 2.75) is 0 Å². The van der Waals surface area contributed by atoms with Crippen molar-refractivity contribution >= 4 is 0 Å². The molecule has 2 aromatic rings. The van der Waals surface area contributed by atoms with E-state index in [2.05, 4.69) is 19.1 Å². The average Bonchev–Trinajstić information content (AvgIpc) is 2.67. The summed E-state index contributed by atoms with van der Waals surface area (Å²) in [5.74, 6) is 0. The molecule has 0 N–H and O–H groups in total. The van der Waals surface area contributed by atoms with E-state index in [4.69, 9.17) is 0 Å². The molecular formula is C6H6N2O2. The van der Waals surface area contributed by atoms with Crippen LogP contribution in [0.4, 0.5) is 0 Å². The number of hydrogen-bond donors (Lipinski definition) is 0. The Morgan fingerprint density at radius 3 is 2.10 bits per heavy atom. The molecule has 0 bridgehead atoms. The van der Waals surface area contributed by atoms with Gasteiger partial charge < -0.3 is 8.94 Å². The lowest BCUT2D eigenvalue weighted by Gasteiger charge is -1.50. The second-order valence-electron chi connectivity index (χ2n) is 1.37. The summed E-state index contributed by atoms with van der Waals surface area (Å²) >= 11 is 0. The smallest absolute Gasteiger partial charge is 0.213 e. The third kappa shape index (κ3) is 2.66. The van der Waals surface area contributed by atoms with E-state index in [1.807, 2.05) is 12.1 Å². The molecule has 0 spiro atoms. The fourth-order valence-electron chi connectivity index (χ4n) is 0.363. The van der Waals surface area contributed by atoms with Gasteiger partial charge in [-0.25, -0.2) is 4.98 Å². The molecule has 0 amide bonds. The second-order valence-corrected chi connectivity index (χ2v) is 1.37. The first-order chi connectivity index (χ1) is 5.00. The van der Waals surface area contributed by atoms with E-state index in [1.165, 1.54) is 12.7 Å². The first-order valence-electron chi connectivity index (χ1n) is 2.66. The first kappa shape index (κ1) is 6.54. The molecule has 4 nitrogen and oxygen atoms in total. The number of rotatable bonds is 0. The molecule has 4 heteroatoms. The molecule has 0 atom stereocenters. The van der Waals surface area contributed by atoms with Gasteiger partial charge >= 0.3 is 0 Å². The Morgan fingerprint density at radius 2 is 1.90 bits per heavy atom. The summed E-state index contributed by atoms with van der Waals surface area (Å²) in [5.41, 5.74) is 0. The summed E-state index contributed by atoms with van der Waals surface area (Å²) in [6.07, 6.45) is 5.85. The molecule has 0 unspecified atom stereocenters. The topological polar surface area (TPSA) is 52.1 Å². The Balaban J connectivity index is 0.0000001000. The second kappa shape index (κ2) is 4.31. The summed E-state index contributed by atoms with van der Waals surface area (Å²) in [7, 11) is 0. The Labute approximate surface area is 57.5 Å². The lowest BCUT2D eigenvalue weighted by molar-refractivity contribution is 0.416. The van der Waals surface area contributed by atoms with Crippen LogP contribution in [0.25, 0.3) is 0 Å². The van der Waals surface area contributed by atoms with Crippen LogP contribution in [0.5, 0.6) is 0 Å². The van der Waals surface area contributed by atoms with Gasteiger partial charge in [0, 0.05) is 0 Å². The predicted molar refractivity (Wildman–Crippen MR) is 33.0 cm³/mol. The predicted octanol–water partition coefficient (Wildman–Crippen LogP) is 1.35. The highest BCUT2D eigenvalue weighted by Crippen LogP contribution is 1.79. The summed E-state index contributed by atoms with van der Waals surface area (Å²) < 4.78 is 8.81. The van der Waals surface area contributed by atoms with Crippen molar-refractivity contribution in [1.29, 1.82) is 0 Å². The van der Waals surface area contributed by atoms with E-state index in [0.717, 1.165) is 0 Å².